The van der Waals surface area contributed by atoms with E-state index >= 15 is 0 Å². The maximum atomic E-state index is 11.2. The molecule has 1 N–H and O–H groups in total. The van der Waals surface area contributed by atoms with Crippen molar-refractivity contribution in [3.63, 3.8) is 0 Å². The maximum Gasteiger partial charge on any atom is 0.335 e. The summed E-state index contributed by atoms with van der Waals surface area (Å²) in [7, 11) is 0. The highest BCUT2D eigenvalue weighted by Crippen LogP contribution is 2.18. The first-order valence-electron chi connectivity index (χ1n) is 6.13. The Morgan fingerprint density at radius 3 is 2.63 bits per heavy atom. The van der Waals surface area contributed by atoms with E-state index in [1.807, 2.05) is 19.1 Å². The SMILES string of the molecule is Cc1cccc(CCc2cc(Cl)ccc2C(=O)O)c1. The van der Waals surface area contributed by atoms with E-state index in [9.17, 15) is 4.79 Å². The fourth-order valence-electron chi connectivity index (χ4n) is 2.12. The van der Waals surface area contributed by atoms with Crippen LogP contribution in [0.15, 0.2) is 42.5 Å². The third kappa shape index (κ3) is 3.58. The molecule has 2 nitrogen and oxygen atoms in total. The van der Waals surface area contributed by atoms with E-state index in [0.717, 1.165) is 12.0 Å². The topological polar surface area (TPSA) is 37.3 Å². The van der Waals surface area contributed by atoms with Gasteiger partial charge in [-0.05, 0) is 49.1 Å². The van der Waals surface area contributed by atoms with E-state index in [4.69, 9.17) is 16.7 Å². The van der Waals surface area contributed by atoms with Gasteiger partial charge in [-0.3, -0.25) is 0 Å². The lowest BCUT2D eigenvalue weighted by atomic mass is 9.99. The number of carbonyl (C=O) groups is 1. The van der Waals surface area contributed by atoms with E-state index in [0.29, 0.717) is 17.0 Å². The summed E-state index contributed by atoms with van der Waals surface area (Å²) in [5.74, 6) is -0.907. The fraction of sp³-hybridized carbons (Fsp3) is 0.188. The van der Waals surface area contributed by atoms with Crippen LogP contribution in [0.4, 0.5) is 0 Å². The Balaban J connectivity index is 2.19. The van der Waals surface area contributed by atoms with Crippen molar-refractivity contribution in [2.45, 2.75) is 19.8 Å². The molecule has 0 fully saturated rings. The zero-order valence-electron chi connectivity index (χ0n) is 10.7. The number of halogens is 1. The van der Waals surface area contributed by atoms with Crippen LogP contribution in [-0.2, 0) is 12.8 Å². The molecule has 0 radical (unpaired) electrons. The van der Waals surface area contributed by atoms with Crippen LogP contribution in [0.1, 0.15) is 27.0 Å². The van der Waals surface area contributed by atoms with Crippen LogP contribution >= 0.6 is 11.6 Å². The standard InChI is InChI=1S/C16H15ClO2/c1-11-3-2-4-12(9-11)5-6-13-10-14(17)7-8-15(13)16(18)19/h2-4,7-10H,5-6H2,1H3,(H,18,19). The van der Waals surface area contributed by atoms with Crippen LogP contribution in [0.2, 0.25) is 5.02 Å². The molecular formula is C16H15ClO2. The van der Waals surface area contributed by atoms with Gasteiger partial charge in [-0.25, -0.2) is 4.79 Å². The second-order valence-electron chi connectivity index (χ2n) is 4.60. The molecule has 0 spiro atoms. The Morgan fingerprint density at radius 2 is 1.95 bits per heavy atom. The molecule has 98 valence electrons. The lowest BCUT2D eigenvalue weighted by molar-refractivity contribution is 0.0695. The van der Waals surface area contributed by atoms with E-state index in [1.165, 1.54) is 11.1 Å². The van der Waals surface area contributed by atoms with Crippen LogP contribution in [0.3, 0.4) is 0 Å². The summed E-state index contributed by atoms with van der Waals surface area (Å²) < 4.78 is 0. The van der Waals surface area contributed by atoms with Gasteiger partial charge in [-0.15, -0.1) is 0 Å². The van der Waals surface area contributed by atoms with Crippen molar-refractivity contribution >= 4 is 17.6 Å². The Bertz CT molecular complexity index is 605. The molecule has 2 rings (SSSR count). The summed E-state index contributed by atoms with van der Waals surface area (Å²) in [6.45, 7) is 2.05. The van der Waals surface area contributed by atoms with E-state index in [2.05, 4.69) is 12.1 Å². The molecule has 19 heavy (non-hydrogen) atoms. The Hall–Kier alpha value is -1.80. The number of carboxylic acids is 1. The minimum Gasteiger partial charge on any atom is -0.478 e. The van der Waals surface area contributed by atoms with Gasteiger partial charge in [0, 0.05) is 5.02 Å². The van der Waals surface area contributed by atoms with Gasteiger partial charge < -0.3 is 5.11 Å². The van der Waals surface area contributed by atoms with Crippen LogP contribution < -0.4 is 0 Å². The molecule has 0 aliphatic carbocycles. The van der Waals surface area contributed by atoms with Gasteiger partial charge in [0.15, 0.2) is 0 Å². The van der Waals surface area contributed by atoms with Gasteiger partial charge in [0.1, 0.15) is 0 Å². The predicted octanol–water partition coefficient (Wildman–Crippen LogP) is 4.13. The third-order valence-electron chi connectivity index (χ3n) is 3.06. The van der Waals surface area contributed by atoms with E-state index in [1.54, 1.807) is 18.2 Å². The second-order valence-corrected chi connectivity index (χ2v) is 5.03. The van der Waals surface area contributed by atoms with Gasteiger partial charge in [0.05, 0.1) is 5.56 Å². The highest BCUT2D eigenvalue weighted by atomic mass is 35.5. The lowest BCUT2D eigenvalue weighted by Gasteiger charge is -2.07. The van der Waals surface area contributed by atoms with Gasteiger partial charge in [0.25, 0.3) is 0 Å². The van der Waals surface area contributed by atoms with Crippen molar-refractivity contribution in [3.05, 3.63) is 69.7 Å². The number of hydrogen-bond donors (Lipinski definition) is 1. The highest BCUT2D eigenvalue weighted by molar-refractivity contribution is 6.30. The molecule has 0 aromatic heterocycles. The summed E-state index contributed by atoms with van der Waals surface area (Å²) in [6, 6.07) is 13.1. The van der Waals surface area contributed by atoms with Crippen LogP contribution in [0, 0.1) is 6.92 Å². The molecule has 0 saturated carbocycles. The average Bonchev–Trinajstić information content (AvgIpc) is 2.36. The first-order valence-corrected chi connectivity index (χ1v) is 6.51. The number of aromatic carboxylic acids is 1. The first-order chi connectivity index (χ1) is 9.06. The molecular weight excluding hydrogens is 260 g/mol. The molecule has 0 aliphatic heterocycles. The summed E-state index contributed by atoms with van der Waals surface area (Å²) >= 11 is 5.94. The normalized spacial score (nSPS) is 10.4. The minimum absolute atomic E-state index is 0.331. The number of carboxylic acid groups (broad SMARTS) is 1. The van der Waals surface area contributed by atoms with E-state index < -0.39 is 5.97 Å². The van der Waals surface area contributed by atoms with Crippen molar-refractivity contribution in [1.82, 2.24) is 0 Å². The molecule has 0 atom stereocenters. The Morgan fingerprint density at radius 1 is 1.16 bits per heavy atom. The van der Waals surface area contributed by atoms with E-state index in [-0.39, 0.29) is 0 Å². The number of hydrogen-bond acceptors (Lipinski definition) is 1. The zero-order valence-corrected chi connectivity index (χ0v) is 11.4. The molecule has 0 saturated heterocycles. The average molecular weight is 275 g/mol. The van der Waals surface area contributed by atoms with Crippen molar-refractivity contribution in [1.29, 1.82) is 0 Å². The van der Waals surface area contributed by atoms with Gasteiger partial charge in [-0.1, -0.05) is 41.4 Å². The Labute approximate surface area is 117 Å². The Kier molecular flexibility index (Phi) is 4.23. The molecule has 0 amide bonds. The lowest BCUT2D eigenvalue weighted by Crippen LogP contribution is -2.03. The van der Waals surface area contributed by atoms with Gasteiger partial charge in [-0.2, -0.15) is 0 Å². The van der Waals surface area contributed by atoms with Crippen molar-refractivity contribution < 1.29 is 9.90 Å². The minimum atomic E-state index is -0.907. The summed E-state index contributed by atoms with van der Waals surface area (Å²) in [5, 5.41) is 9.73. The van der Waals surface area contributed by atoms with Crippen molar-refractivity contribution in [2.24, 2.45) is 0 Å². The number of aryl methyl sites for hydroxylation is 3. The molecule has 0 bridgehead atoms. The predicted molar refractivity (Wildman–Crippen MR) is 77.0 cm³/mol. The first kappa shape index (κ1) is 13.6. The fourth-order valence-corrected chi connectivity index (χ4v) is 2.32. The second kappa shape index (κ2) is 5.89. The molecule has 2 aromatic rings. The van der Waals surface area contributed by atoms with Gasteiger partial charge in [0.2, 0.25) is 0 Å². The van der Waals surface area contributed by atoms with Gasteiger partial charge >= 0.3 is 5.97 Å². The summed E-state index contributed by atoms with van der Waals surface area (Å²) in [5.41, 5.74) is 3.52. The largest absolute Gasteiger partial charge is 0.478 e. The maximum absolute atomic E-state index is 11.2. The quantitative estimate of drug-likeness (QED) is 0.910. The molecule has 3 heteroatoms. The van der Waals surface area contributed by atoms with Crippen molar-refractivity contribution in [3.8, 4) is 0 Å². The molecule has 0 heterocycles. The highest BCUT2D eigenvalue weighted by Gasteiger charge is 2.10. The molecule has 0 aliphatic rings. The van der Waals surface area contributed by atoms with Crippen molar-refractivity contribution in [2.75, 3.05) is 0 Å². The van der Waals surface area contributed by atoms with Crippen LogP contribution in [0.25, 0.3) is 0 Å². The zero-order chi connectivity index (χ0) is 13.8. The van der Waals surface area contributed by atoms with Crippen LogP contribution in [0.5, 0.6) is 0 Å². The smallest absolute Gasteiger partial charge is 0.335 e. The summed E-state index contributed by atoms with van der Waals surface area (Å²) in [4.78, 5) is 11.2. The summed E-state index contributed by atoms with van der Waals surface area (Å²) in [6.07, 6.45) is 1.48. The number of rotatable bonds is 4. The van der Waals surface area contributed by atoms with Crippen LogP contribution in [-0.4, -0.2) is 11.1 Å². The molecule has 0 unspecified atom stereocenters. The third-order valence-corrected chi connectivity index (χ3v) is 3.30. The monoisotopic (exact) mass is 274 g/mol. The molecule has 2 aromatic carbocycles. The number of benzene rings is 2.